The van der Waals surface area contributed by atoms with Crippen LogP contribution in [0.3, 0.4) is 0 Å². The van der Waals surface area contributed by atoms with E-state index in [9.17, 15) is 0 Å². The number of hydrogen-bond acceptors (Lipinski definition) is 1. The van der Waals surface area contributed by atoms with E-state index in [-0.39, 0.29) is 10.8 Å². The summed E-state index contributed by atoms with van der Waals surface area (Å²) in [6.07, 6.45) is 25.6. The van der Waals surface area contributed by atoms with Crippen molar-refractivity contribution >= 4 is 11.4 Å². The molecule has 0 saturated carbocycles. The summed E-state index contributed by atoms with van der Waals surface area (Å²) in [5, 5.41) is 0. The van der Waals surface area contributed by atoms with E-state index in [1.54, 1.807) is 11.1 Å². The van der Waals surface area contributed by atoms with Crippen LogP contribution in [0.5, 0.6) is 0 Å². The van der Waals surface area contributed by atoms with Crippen molar-refractivity contribution in [1.29, 1.82) is 0 Å². The Morgan fingerprint density at radius 1 is 0.338 bits per heavy atom. The van der Waals surface area contributed by atoms with E-state index in [2.05, 4.69) is 235 Å². The number of aryl methyl sites for hydroxylation is 1. The van der Waals surface area contributed by atoms with Gasteiger partial charge in [-0.05, 0) is 135 Å². The van der Waals surface area contributed by atoms with Crippen LogP contribution < -0.4 is 4.90 Å². The van der Waals surface area contributed by atoms with Crippen LogP contribution in [0.4, 0.5) is 11.4 Å². The van der Waals surface area contributed by atoms with E-state index in [1.807, 2.05) is 0 Å². The fourth-order valence-corrected chi connectivity index (χ4v) is 13.0. The fourth-order valence-electron chi connectivity index (χ4n) is 13.0. The van der Waals surface area contributed by atoms with Crippen molar-refractivity contribution in [1.82, 2.24) is 0 Å². The number of fused-ring (bicyclic) bond motifs is 3. The average molecular weight is 1020 g/mol. The van der Waals surface area contributed by atoms with Crippen LogP contribution in [-0.2, 0) is 10.8 Å². The molecule has 8 aromatic carbocycles. The molecule has 1 nitrogen and oxygen atoms in total. The highest BCUT2D eigenvalue weighted by Gasteiger charge is 2.42. The van der Waals surface area contributed by atoms with Crippen LogP contribution >= 0.6 is 0 Å². The Morgan fingerprint density at radius 2 is 0.688 bits per heavy atom. The van der Waals surface area contributed by atoms with Gasteiger partial charge in [0.2, 0.25) is 0 Å². The third-order valence-corrected chi connectivity index (χ3v) is 17.8. The molecule has 0 N–H and O–H groups in total. The van der Waals surface area contributed by atoms with Crippen molar-refractivity contribution in [2.45, 2.75) is 174 Å². The first-order chi connectivity index (χ1) is 37.8. The molecule has 0 fully saturated rings. The zero-order valence-electron chi connectivity index (χ0n) is 48.0. The van der Waals surface area contributed by atoms with Crippen LogP contribution in [0.15, 0.2) is 188 Å². The van der Waals surface area contributed by atoms with Crippen LogP contribution in [-0.4, -0.2) is 7.05 Å². The zero-order valence-corrected chi connectivity index (χ0v) is 48.0. The van der Waals surface area contributed by atoms with Gasteiger partial charge in [-0.3, -0.25) is 0 Å². The topological polar surface area (TPSA) is 3.24 Å². The molecule has 8 aromatic rings. The SMILES string of the molecule is CCCCCCCCC1(CCCCCCCC)c2ccccc2-c2ccc(N(C)c3ccc(-c4ccc(-c5ccc(C(CCCC)(CCCC)c6ccc(-c7ccc(-c8ccc(C)cc8)cc7)cc6)cc5)cc4)cc3)cc21. The summed E-state index contributed by atoms with van der Waals surface area (Å²) in [5.74, 6) is 0. The standard InChI is InChI=1S/C76H89N/c1-7-11-15-17-19-23-55-76(56-24-20-18-16-12-8-2)73-26-22-21-25-71(73)72-52-51-70(57-74(72)76)77(6)69-49-43-66(44-50-69)63-37-35-62(36-38-63)65-41-47-68(48-42-65)75(53-13-9-3,54-14-10-4)67-45-39-64(40-46-67)61-33-31-60(32-34-61)59-29-27-58(5)28-30-59/h21-22,25-52,57H,7-20,23-24,53-56H2,1-6H3. The Morgan fingerprint density at radius 3 is 1.13 bits per heavy atom. The normalized spacial score (nSPS) is 12.6. The number of anilines is 2. The molecule has 0 atom stereocenters. The number of benzene rings is 8. The fraction of sp³-hybridized carbons (Fsp3) is 0.368. The lowest BCUT2D eigenvalue weighted by molar-refractivity contribution is 0.398. The van der Waals surface area contributed by atoms with Gasteiger partial charge in [-0.1, -0.05) is 300 Å². The van der Waals surface area contributed by atoms with Gasteiger partial charge in [-0.15, -0.1) is 0 Å². The van der Waals surface area contributed by atoms with Gasteiger partial charge in [-0.2, -0.15) is 0 Å². The zero-order chi connectivity index (χ0) is 53.5. The number of unbranched alkanes of at least 4 members (excludes halogenated alkanes) is 12. The van der Waals surface area contributed by atoms with Crippen molar-refractivity contribution < 1.29 is 0 Å². The Balaban J connectivity index is 0.906. The van der Waals surface area contributed by atoms with Crippen LogP contribution in [0.25, 0.3) is 55.6 Å². The Labute approximate surface area is 466 Å². The van der Waals surface area contributed by atoms with E-state index in [1.165, 1.54) is 199 Å². The second-order valence-electron chi connectivity index (χ2n) is 23.0. The maximum absolute atomic E-state index is 2.57. The number of hydrogen-bond donors (Lipinski definition) is 0. The summed E-state index contributed by atoms with van der Waals surface area (Å²) in [5.41, 5.74) is 22.8. The molecular formula is C76H89N. The Kier molecular flexibility index (Phi) is 19.2. The van der Waals surface area contributed by atoms with E-state index >= 15 is 0 Å². The molecule has 0 amide bonds. The molecule has 0 aromatic heterocycles. The van der Waals surface area contributed by atoms with Gasteiger partial charge in [0.05, 0.1) is 0 Å². The first kappa shape index (κ1) is 55.3. The molecule has 0 bridgehead atoms. The van der Waals surface area contributed by atoms with Gasteiger partial charge < -0.3 is 4.90 Å². The van der Waals surface area contributed by atoms with Crippen LogP contribution in [0.2, 0.25) is 0 Å². The summed E-state index contributed by atoms with van der Waals surface area (Å²) >= 11 is 0. The van der Waals surface area contributed by atoms with Crippen molar-refractivity contribution in [3.63, 3.8) is 0 Å². The molecule has 9 rings (SSSR count). The van der Waals surface area contributed by atoms with Crippen molar-refractivity contribution in [2.75, 3.05) is 11.9 Å². The lowest BCUT2D eigenvalue weighted by Crippen LogP contribution is -2.28. The molecule has 0 heterocycles. The van der Waals surface area contributed by atoms with Crippen molar-refractivity contribution in [3.05, 3.63) is 216 Å². The third kappa shape index (κ3) is 12.8. The minimum absolute atomic E-state index is 0.0278. The maximum atomic E-state index is 2.57. The molecule has 0 spiro atoms. The lowest BCUT2D eigenvalue weighted by Gasteiger charge is -2.36. The van der Waals surface area contributed by atoms with Crippen molar-refractivity contribution in [3.8, 4) is 55.6 Å². The molecule has 0 radical (unpaired) electrons. The van der Waals surface area contributed by atoms with E-state index < -0.39 is 0 Å². The molecule has 1 heteroatoms. The monoisotopic (exact) mass is 1020 g/mol. The Hall–Kier alpha value is -6.44. The molecular weight excluding hydrogens is 927 g/mol. The first-order valence-corrected chi connectivity index (χ1v) is 30.4. The predicted molar refractivity (Wildman–Crippen MR) is 336 cm³/mol. The average Bonchev–Trinajstić information content (AvgIpc) is 4.03. The first-order valence-electron chi connectivity index (χ1n) is 30.4. The van der Waals surface area contributed by atoms with Gasteiger partial charge in [-0.25, -0.2) is 0 Å². The van der Waals surface area contributed by atoms with Gasteiger partial charge >= 0.3 is 0 Å². The van der Waals surface area contributed by atoms with Crippen LogP contribution in [0.1, 0.15) is 184 Å². The largest absolute Gasteiger partial charge is 0.345 e. The minimum atomic E-state index is -0.0278. The third-order valence-electron chi connectivity index (χ3n) is 17.8. The van der Waals surface area contributed by atoms with E-state index in [0.717, 1.165) is 12.8 Å². The molecule has 398 valence electrons. The second kappa shape index (κ2) is 26.7. The van der Waals surface area contributed by atoms with Crippen molar-refractivity contribution in [2.24, 2.45) is 0 Å². The van der Waals surface area contributed by atoms with Gasteiger partial charge in [0.1, 0.15) is 0 Å². The molecule has 1 aliphatic carbocycles. The van der Waals surface area contributed by atoms with E-state index in [4.69, 9.17) is 0 Å². The van der Waals surface area contributed by atoms with Gasteiger partial charge in [0.15, 0.2) is 0 Å². The highest BCUT2D eigenvalue weighted by molar-refractivity contribution is 5.84. The summed E-state index contributed by atoms with van der Waals surface area (Å²) < 4.78 is 0. The highest BCUT2D eigenvalue weighted by atomic mass is 15.1. The molecule has 0 saturated heterocycles. The molecule has 1 aliphatic rings. The predicted octanol–water partition coefficient (Wildman–Crippen LogP) is 22.9. The number of nitrogens with zero attached hydrogens (tertiary/aromatic N) is 1. The summed E-state index contributed by atoms with van der Waals surface area (Å²) in [6, 6.07) is 72.3. The molecule has 0 unspecified atom stereocenters. The quantitative estimate of drug-likeness (QED) is 0.0442. The molecule has 0 aliphatic heterocycles. The van der Waals surface area contributed by atoms with E-state index in [0.29, 0.717) is 0 Å². The number of rotatable bonds is 28. The smallest absolute Gasteiger partial charge is 0.0411 e. The maximum Gasteiger partial charge on any atom is 0.0411 e. The van der Waals surface area contributed by atoms with Gasteiger partial charge in [0.25, 0.3) is 0 Å². The molecule has 77 heavy (non-hydrogen) atoms. The highest BCUT2D eigenvalue weighted by Crippen LogP contribution is 2.55. The summed E-state index contributed by atoms with van der Waals surface area (Å²) in [6.45, 7) is 11.5. The second-order valence-corrected chi connectivity index (χ2v) is 23.0. The lowest BCUT2D eigenvalue weighted by atomic mass is 9.67. The van der Waals surface area contributed by atoms with Crippen LogP contribution in [0, 0.1) is 6.92 Å². The Bertz CT molecular complexity index is 3020. The summed E-state index contributed by atoms with van der Waals surface area (Å²) in [7, 11) is 2.25. The minimum Gasteiger partial charge on any atom is -0.345 e. The van der Waals surface area contributed by atoms with Gasteiger partial charge in [0, 0.05) is 29.3 Å². The summed E-state index contributed by atoms with van der Waals surface area (Å²) in [4.78, 5) is 2.40.